The topological polar surface area (TPSA) is 77.6 Å². The molecule has 0 radical (unpaired) electrons. The molecule has 0 saturated heterocycles. The van der Waals surface area contributed by atoms with Crippen molar-refractivity contribution in [1.29, 1.82) is 0 Å². The van der Waals surface area contributed by atoms with Crippen LogP contribution in [-0.2, 0) is 11.2 Å². The summed E-state index contributed by atoms with van der Waals surface area (Å²) in [5, 5.41) is 14.1. The summed E-state index contributed by atoms with van der Waals surface area (Å²) >= 11 is 0. The van der Waals surface area contributed by atoms with Crippen LogP contribution in [0.1, 0.15) is 23.5 Å². The molecule has 0 aliphatic carbocycles. The lowest BCUT2D eigenvalue weighted by molar-refractivity contribution is -0.115. The van der Waals surface area contributed by atoms with Crippen molar-refractivity contribution < 1.29 is 13.6 Å². The Hall–Kier alpha value is -3.10. The average molecular weight is 346 g/mol. The minimum absolute atomic E-state index is 0.0773. The standard InChI is InChI=1S/C16H16F2N6O/c1-10-13(11(2)24(22-10)15(17)18)8-14(25)20-16-21-19-9-23(16)12-6-4-3-5-7-12/h3-7,9,15H,8H2,1-2H3,(H,20,21,25). The van der Waals surface area contributed by atoms with Crippen molar-refractivity contribution in [3.05, 3.63) is 53.6 Å². The number of aryl methyl sites for hydroxylation is 1. The number of aromatic nitrogens is 5. The zero-order chi connectivity index (χ0) is 18.0. The van der Waals surface area contributed by atoms with Crippen molar-refractivity contribution in [2.45, 2.75) is 26.8 Å². The van der Waals surface area contributed by atoms with E-state index >= 15 is 0 Å². The van der Waals surface area contributed by atoms with Crippen LogP contribution in [0.4, 0.5) is 14.7 Å². The second-order valence-corrected chi connectivity index (χ2v) is 5.46. The van der Waals surface area contributed by atoms with E-state index in [0.717, 1.165) is 5.69 Å². The Balaban J connectivity index is 1.78. The van der Waals surface area contributed by atoms with E-state index in [1.807, 2.05) is 30.3 Å². The molecule has 2 aromatic heterocycles. The molecule has 1 N–H and O–H groups in total. The quantitative estimate of drug-likeness (QED) is 0.770. The minimum atomic E-state index is -2.74. The molecule has 130 valence electrons. The molecule has 0 atom stereocenters. The van der Waals surface area contributed by atoms with E-state index in [2.05, 4.69) is 20.6 Å². The fourth-order valence-electron chi connectivity index (χ4n) is 2.57. The van der Waals surface area contributed by atoms with Gasteiger partial charge in [0.1, 0.15) is 6.33 Å². The molecule has 0 unspecified atom stereocenters. The van der Waals surface area contributed by atoms with Gasteiger partial charge in [-0.05, 0) is 26.0 Å². The molecule has 0 fully saturated rings. The number of hydrogen-bond acceptors (Lipinski definition) is 4. The van der Waals surface area contributed by atoms with Gasteiger partial charge in [0.2, 0.25) is 11.9 Å². The number of anilines is 1. The lowest BCUT2D eigenvalue weighted by atomic mass is 10.1. The zero-order valence-corrected chi connectivity index (χ0v) is 13.6. The number of benzene rings is 1. The predicted molar refractivity (Wildman–Crippen MR) is 86.6 cm³/mol. The van der Waals surface area contributed by atoms with E-state index in [9.17, 15) is 13.6 Å². The zero-order valence-electron chi connectivity index (χ0n) is 13.6. The number of para-hydroxylation sites is 1. The van der Waals surface area contributed by atoms with Gasteiger partial charge in [0.05, 0.1) is 17.8 Å². The first kappa shape index (κ1) is 16.7. The number of hydrogen-bond donors (Lipinski definition) is 1. The van der Waals surface area contributed by atoms with E-state index in [4.69, 9.17) is 0 Å². The molecular weight excluding hydrogens is 330 g/mol. The number of carbonyl (C=O) groups excluding carboxylic acids is 1. The number of rotatable bonds is 5. The number of halogens is 2. The molecule has 9 heteroatoms. The lowest BCUT2D eigenvalue weighted by Crippen LogP contribution is -2.18. The highest BCUT2D eigenvalue weighted by Gasteiger charge is 2.20. The number of carbonyl (C=O) groups is 1. The largest absolute Gasteiger partial charge is 0.333 e. The SMILES string of the molecule is Cc1nn(C(F)F)c(C)c1CC(=O)Nc1nncn1-c1ccccc1. The summed E-state index contributed by atoms with van der Waals surface area (Å²) in [6, 6.07) is 9.27. The molecule has 3 aromatic rings. The maximum absolute atomic E-state index is 12.9. The molecule has 7 nitrogen and oxygen atoms in total. The minimum Gasteiger partial charge on any atom is -0.294 e. The summed E-state index contributed by atoms with van der Waals surface area (Å²) in [6.07, 6.45) is 1.41. The smallest absolute Gasteiger partial charge is 0.294 e. The third kappa shape index (κ3) is 3.39. The van der Waals surface area contributed by atoms with Crippen LogP contribution in [0.3, 0.4) is 0 Å². The van der Waals surface area contributed by atoms with Crippen LogP contribution in [0.2, 0.25) is 0 Å². The lowest BCUT2D eigenvalue weighted by Gasteiger charge is -2.08. The van der Waals surface area contributed by atoms with Gasteiger partial charge in [0.25, 0.3) is 0 Å². The summed E-state index contributed by atoms with van der Waals surface area (Å²) in [6.45, 7) is 0.374. The molecule has 2 heterocycles. The molecule has 25 heavy (non-hydrogen) atoms. The normalized spacial score (nSPS) is 11.1. The summed E-state index contributed by atoms with van der Waals surface area (Å²) in [5.74, 6) is -0.127. The summed E-state index contributed by atoms with van der Waals surface area (Å²) in [7, 11) is 0. The highest BCUT2D eigenvalue weighted by molar-refractivity contribution is 5.91. The van der Waals surface area contributed by atoms with Crippen molar-refractivity contribution in [2.75, 3.05) is 5.32 Å². The van der Waals surface area contributed by atoms with Crippen LogP contribution in [0, 0.1) is 13.8 Å². The van der Waals surface area contributed by atoms with E-state index in [1.54, 1.807) is 11.5 Å². The molecule has 0 aliphatic heterocycles. The number of amides is 1. The molecule has 1 amide bonds. The van der Waals surface area contributed by atoms with Gasteiger partial charge in [0.15, 0.2) is 0 Å². The van der Waals surface area contributed by atoms with E-state index in [0.29, 0.717) is 15.9 Å². The molecule has 0 spiro atoms. The van der Waals surface area contributed by atoms with Crippen molar-refractivity contribution in [1.82, 2.24) is 24.5 Å². The van der Waals surface area contributed by atoms with Gasteiger partial charge in [-0.1, -0.05) is 18.2 Å². The van der Waals surface area contributed by atoms with Gasteiger partial charge < -0.3 is 0 Å². The Bertz CT molecular complexity index is 887. The predicted octanol–water partition coefficient (Wildman–Crippen LogP) is 2.66. The molecule has 0 aliphatic rings. The Labute approximate surface area is 142 Å². The third-order valence-electron chi connectivity index (χ3n) is 3.83. The van der Waals surface area contributed by atoms with Crippen molar-refractivity contribution in [3.8, 4) is 5.69 Å². The number of nitrogens with one attached hydrogen (secondary N) is 1. The number of alkyl halides is 2. The maximum atomic E-state index is 12.9. The van der Waals surface area contributed by atoms with E-state index < -0.39 is 6.55 Å². The highest BCUT2D eigenvalue weighted by Crippen LogP contribution is 2.20. The van der Waals surface area contributed by atoms with Crippen LogP contribution < -0.4 is 5.32 Å². The Morgan fingerprint density at radius 1 is 1.24 bits per heavy atom. The van der Waals surface area contributed by atoms with E-state index in [-0.39, 0.29) is 24.0 Å². The van der Waals surface area contributed by atoms with Gasteiger partial charge >= 0.3 is 6.55 Å². The summed E-state index contributed by atoms with van der Waals surface area (Å²) < 4.78 is 28.0. The first-order chi connectivity index (χ1) is 12.0. The van der Waals surface area contributed by atoms with Crippen LogP contribution in [0.5, 0.6) is 0 Å². The second-order valence-electron chi connectivity index (χ2n) is 5.46. The summed E-state index contributed by atoms with van der Waals surface area (Å²) in [4.78, 5) is 12.3. The maximum Gasteiger partial charge on any atom is 0.333 e. The molecule has 3 rings (SSSR count). The van der Waals surface area contributed by atoms with Crippen LogP contribution >= 0.6 is 0 Å². The fraction of sp³-hybridized carbons (Fsp3) is 0.250. The van der Waals surface area contributed by atoms with Crippen molar-refractivity contribution in [3.63, 3.8) is 0 Å². The Morgan fingerprint density at radius 2 is 1.96 bits per heavy atom. The first-order valence-electron chi connectivity index (χ1n) is 7.55. The highest BCUT2D eigenvalue weighted by atomic mass is 19.3. The second kappa shape index (κ2) is 6.80. The monoisotopic (exact) mass is 346 g/mol. The molecule has 1 aromatic carbocycles. The Kier molecular flexibility index (Phi) is 4.55. The van der Waals surface area contributed by atoms with Gasteiger partial charge in [-0.25, -0.2) is 4.68 Å². The van der Waals surface area contributed by atoms with Gasteiger partial charge in [0, 0.05) is 11.3 Å². The molecule has 0 saturated carbocycles. The van der Waals surface area contributed by atoms with Gasteiger partial charge in [-0.15, -0.1) is 10.2 Å². The van der Waals surface area contributed by atoms with Crippen LogP contribution in [-0.4, -0.2) is 30.5 Å². The summed E-state index contributed by atoms with van der Waals surface area (Å²) in [5.41, 5.74) is 1.94. The Morgan fingerprint density at radius 3 is 2.60 bits per heavy atom. The van der Waals surface area contributed by atoms with Crippen molar-refractivity contribution >= 4 is 11.9 Å². The van der Waals surface area contributed by atoms with Crippen molar-refractivity contribution in [2.24, 2.45) is 0 Å². The van der Waals surface area contributed by atoms with Gasteiger partial charge in [-0.3, -0.25) is 14.7 Å². The van der Waals surface area contributed by atoms with Crippen LogP contribution in [0.15, 0.2) is 36.7 Å². The van der Waals surface area contributed by atoms with Gasteiger partial charge in [-0.2, -0.15) is 13.9 Å². The molecule has 0 bridgehead atoms. The first-order valence-corrected chi connectivity index (χ1v) is 7.55. The average Bonchev–Trinajstić information content (AvgIpc) is 3.15. The third-order valence-corrected chi connectivity index (χ3v) is 3.83. The number of nitrogens with zero attached hydrogens (tertiary/aromatic N) is 5. The van der Waals surface area contributed by atoms with E-state index in [1.165, 1.54) is 13.3 Å². The fourth-order valence-corrected chi connectivity index (χ4v) is 2.57. The van der Waals surface area contributed by atoms with Crippen LogP contribution in [0.25, 0.3) is 5.69 Å². The molecular formula is C16H16F2N6O.